The molecular formula is C40H26N2O3S. The lowest BCUT2D eigenvalue weighted by Gasteiger charge is -2.11. The van der Waals surface area contributed by atoms with Crippen molar-refractivity contribution in [3.05, 3.63) is 158 Å². The van der Waals surface area contributed by atoms with E-state index in [9.17, 15) is 0 Å². The Bertz CT molecular complexity index is 2250. The van der Waals surface area contributed by atoms with Crippen molar-refractivity contribution >= 4 is 34.0 Å². The highest BCUT2D eigenvalue weighted by atomic mass is 32.2. The number of ether oxygens (including phenoxy) is 2. The summed E-state index contributed by atoms with van der Waals surface area (Å²) in [6.07, 6.45) is 0. The average molecular weight is 615 g/mol. The molecule has 2 heterocycles. The molecule has 0 saturated heterocycles. The van der Waals surface area contributed by atoms with Crippen LogP contribution in [0.3, 0.4) is 0 Å². The molecule has 0 unspecified atom stereocenters. The third kappa shape index (κ3) is 5.82. The Morgan fingerprint density at radius 3 is 1.52 bits per heavy atom. The average Bonchev–Trinajstić information content (AvgIpc) is 3.47. The second-order valence-electron chi connectivity index (χ2n) is 10.6. The van der Waals surface area contributed by atoms with E-state index in [0.29, 0.717) is 11.4 Å². The van der Waals surface area contributed by atoms with Gasteiger partial charge in [0.15, 0.2) is 0 Å². The highest BCUT2D eigenvalue weighted by Crippen LogP contribution is 2.38. The molecule has 220 valence electrons. The van der Waals surface area contributed by atoms with Crippen molar-refractivity contribution in [3.8, 4) is 45.5 Å². The molecule has 0 amide bonds. The summed E-state index contributed by atoms with van der Waals surface area (Å²) in [5.74, 6) is 3.04. The number of nitrogens with zero attached hydrogens (tertiary/aromatic N) is 2. The molecule has 0 atom stereocenters. The Morgan fingerprint density at radius 1 is 0.457 bits per heavy atom. The molecule has 0 spiro atoms. The molecule has 5 nitrogen and oxygen atoms in total. The summed E-state index contributed by atoms with van der Waals surface area (Å²) in [6.45, 7) is 0. The Labute approximate surface area is 270 Å². The number of aromatic nitrogens is 2. The summed E-state index contributed by atoms with van der Waals surface area (Å²) in [7, 11) is 0. The van der Waals surface area contributed by atoms with E-state index in [0.717, 1.165) is 61.2 Å². The highest BCUT2D eigenvalue weighted by molar-refractivity contribution is 7.99. The van der Waals surface area contributed by atoms with Crippen LogP contribution in [0.15, 0.2) is 172 Å². The van der Waals surface area contributed by atoms with Gasteiger partial charge < -0.3 is 13.9 Å². The normalized spacial score (nSPS) is 11.1. The molecule has 0 aliphatic carbocycles. The Balaban J connectivity index is 1.21. The van der Waals surface area contributed by atoms with E-state index in [-0.39, 0.29) is 0 Å². The van der Waals surface area contributed by atoms with Gasteiger partial charge in [0, 0.05) is 26.3 Å². The van der Waals surface area contributed by atoms with Crippen molar-refractivity contribution in [1.29, 1.82) is 0 Å². The summed E-state index contributed by atoms with van der Waals surface area (Å²) in [5, 5.41) is 0.923. The molecule has 0 aliphatic heterocycles. The SMILES string of the molecule is c1ccc(Oc2ccc(-c3nc4oc5ccc(Sc6ccccc6)cc5c4nc3-c3ccc(Oc4ccccc4)cc3)cc2)cc1. The van der Waals surface area contributed by atoms with Gasteiger partial charge in [0.05, 0.1) is 5.69 Å². The lowest BCUT2D eigenvalue weighted by molar-refractivity contribution is 0.482. The van der Waals surface area contributed by atoms with Crippen molar-refractivity contribution in [3.63, 3.8) is 0 Å². The van der Waals surface area contributed by atoms with Gasteiger partial charge in [-0.1, -0.05) is 66.4 Å². The fourth-order valence-corrected chi connectivity index (χ4v) is 6.13. The Morgan fingerprint density at radius 2 is 0.957 bits per heavy atom. The molecular weight excluding hydrogens is 589 g/mol. The molecule has 0 radical (unpaired) electrons. The zero-order valence-corrected chi connectivity index (χ0v) is 25.4. The van der Waals surface area contributed by atoms with Gasteiger partial charge in [-0.25, -0.2) is 9.97 Å². The molecule has 8 aromatic rings. The standard InChI is InChI=1S/C40H26N2O3S/c1-4-10-29(11-5-1)43-31-20-16-27(17-21-31)37-38(28-18-22-32(23-19-28)44-30-12-6-2-7-13-30)42-40-39(41-37)35-26-34(24-25-36(35)45-40)46-33-14-8-3-9-15-33/h1-26H. The lowest BCUT2D eigenvalue weighted by atomic mass is 10.0. The van der Waals surface area contributed by atoms with Crippen molar-refractivity contribution in [1.82, 2.24) is 9.97 Å². The molecule has 0 bridgehead atoms. The molecule has 6 heteroatoms. The quantitative estimate of drug-likeness (QED) is 0.170. The third-order valence-corrected chi connectivity index (χ3v) is 8.47. The van der Waals surface area contributed by atoms with Gasteiger partial charge in [-0.05, 0) is 103 Å². The maximum Gasteiger partial charge on any atom is 0.246 e. The summed E-state index contributed by atoms with van der Waals surface area (Å²) >= 11 is 1.70. The number of furan rings is 1. The number of fused-ring (bicyclic) bond motifs is 3. The van der Waals surface area contributed by atoms with Gasteiger partial charge in [0.1, 0.15) is 39.8 Å². The molecule has 6 aromatic carbocycles. The highest BCUT2D eigenvalue weighted by Gasteiger charge is 2.19. The van der Waals surface area contributed by atoms with Crippen LogP contribution in [-0.2, 0) is 0 Å². The van der Waals surface area contributed by atoms with Crippen LogP contribution in [0.2, 0.25) is 0 Å². The first-order valence-corrected chi connectivity index (χ1v) is 15.7. The van der Waals surface area contributed by atoms with E-state index in [4.69, 9.17) is 23.9 Å². The van der Waals surface area contributed by atoms with Crippen LogP contribution in [0.25, 0.3) is 44.7 Å². The predicted octanol–water partition coefficient (Wildman–Crippen LogP) is 11.4. The van der Waals surface area contributed by atoms with Crippen molar-refractivity contribution in [2.75, 3.05) is 0 Å². The largest absolute Gasteiger partial charge is 0.457 e. The van der Waals surface area contributed by atoms with Crippen LogP contribution in [0.1, 0.15) is 0 Å². The molecule has 0 N–H and O–H groups in total. The first kappa shape index (κ1) is 27.7. The predicted molar refractivity (Wildman–Crippen MR) is 184 cm³/mol. The van der Waals surface area contributed by atoms with Gasteiger partial charge in [-0.15, -0.1) is 0 Å². The third-order valence-electron chi connectivity index (χ3n) is 7.47. The second-order valence-corrected chi connectivity index (χ2v) is 11.8. The second kappa shape index (κ2) is 12.3. The van der Waals surface area contributed by atoms with Crippen molar-refractivity contribution in [2.24, 2.45) is 0 Å². The maximum absolute atomic E-state index is 6.27. The van der Waals surface area contributed by atoms with Crippen molar-refractivity contribution < 1.29 is 13.9 Å². The smallest absolute Gasteiger partial charge is 0.246 e. The van der Waals surface area contributed by atoms with Gasteiger partial charge in [-0.2, -0.15) is 0 Å². The van der Waals surface area contributed by atoms with E-state index in [1.807, 2.05) is 133 Å². The van der Waals surface area contributed by atoms with E-state index >= 15 is 0 Å². The van der Waals surface area contributed by atoms with E-state index in [1.165, 1.54) is 4.90 Å². The maximum atomic E-state index is 6.27. The first-order chi connectivity index (χ1) is 22.7. The van der Waals surface area contributed by atoms with Gasteiger partial charge >= 0.3 is 0 Å². The molecule has 0 fully saturated rings. The fourth-order valence-electron chi connectivity index (χ4n) is 5.26. The Hall–Kier alpha value is -5.85. The van der Waals surface area contributed by atoms with Crippen LogP contribution >= 0.6 is 11.8 Å². The number of hydrogen-bond acceptors (Lipinski definition) is 6. The molecule has 0 saturated carbocycles. The van der Waals surface area contributed by atoms with Crippen LogP contribution < -0.4 is 9.47 Å². The first-order valence-electron chi connectivity index (χ1n) is 14.9. The number of rotatable bonds is 8. The lowest BCUT2D eigenvalue weighted by Crippen LogP contribution is -1.95. The molecule has 2 aromatic heterocycles. The minimum atomic E-state index is 0.490. The van der Waals surface area contributed by atoms with E-state index in [2.05, 4.69) is 24.3 Å². The molecule has 46 heavy (non-hydrogen) atoms. The zero-order chi connectivity index (χ0) is 30.7. The summed E-state index contributed by atoms with van der Waals surface area (Å²) in [5.41, 5.74) is 5.23. The van der Waals surface area contributed by atoms with Gasteiger partial charge in [0.25, 0.3) is 0 Å². The number of hydrogen-bond donors (Lipinski definition) is 0. The minimum absolute atomic E-state index is 0.490. The molecule has 8 rings (SSSR count). The summed E-state index contributed by atoms with van der Waals surface area (Å²) in [6, 6.07) is 51.8. The number of para-hydroxylation sites is 2. The zero-order valence-electron chi connectivity index (χ0n) is 24.5. The Kier molecular flexibility index (Phi) is 7.38. The summed E-state index contributed by atoms with van der Waals surface area (Å²) < 4.78 is 18.4. The van der Waals surface area contributed by atoms with Gasteiger partial charge in [-0.3, -0.25) is 0 Å². The minimum Gasteiger partial charge on any atom is -0.457 e. The van der Waals surface area contributed by atoms with Gasteiger partial charge in [0.2, 0.25) is 5.71 Å². The number of benzene rings is 6. The van der Waals surface area contributed by atoms with Crippen LogP contribution in [-0.4, -0.2) is 9.97 Å². The van der Waals surface area contributed by atoms with Crippen LogP contribution in [0.5, 0.6) is 23.0 Å². The monoisotopic (exact) mass is 614 g/mol. The van der Waals surface area contributed by atoms with E-state index in [1.54, 1.807) is 11.8 Å². The topological polar surface area (TPSA) is 57.4 Å². The van der Waals surface area contributed by atoms with E-state index < -0.39 is 0 Å². The van der Waals surface area contributed by atoms with Crippen LogP contribution in [0, 0.1) is 0 Å². The van der Waals surface area contributed by atoms with Crippen molar-refractivity contribution in [2.45, 2.75) is 9.79 Å². The molecule has 0 aliphatic rings. The summed E-state index contributed by atoms with van der Waals surface area (Å²) in [4.78, 5) is 12.6. The van der Waals surface area contributed by atoms with Crippen LogP contribution in [0.4, 0.5) is 0 Å². The fraction of sp³-hybridized carbons (Fsp3) is 0.